The van der Waals surface area contributed by atoms with Crippen LogP contribution in [0.4, 0.5) is 0 Å². The molecule has 0 bridgehead atoms. The monoisotopic (exact) mass is 218 g/mol. The molecule has 0 aliphatic rings. The van der Waals surface area contributed by atoms with E-state index >= 15 is 0 Å². The molecule has 16 heavy (non-hydrogen) atoms. The summed E-state index contributed by atoms with van der Waals surface area (Å²) in [6.45, 7) is 3.52. The second-order valence-electron chi connectivity index (χ2n) is 3.58. The van der Waals surface area contributed by atoms with Crippen LogP contribution in [0.2, 0.25) is 0 Å². The minimum Gasteiger partial charge on any atom is -0.464 e. The predicted octanol–water partition coefficient (Wildman–Crippen LogP) is 1.30. The van der Waals surface area contributed by atoms with Crippen molar-refractivity contribution in [2.45, 2.75) is 19.4 Å². The molecule has 4 heteroatoms. The first-order valence-electron chi connectivity index (χ1n) is 4.99. The van der Waals surface area contributed by atoms with E-state index in [1.54, 1.807) is 38.1 Å². The fourth-order valence-corrected chi connectivity index (χ4v) is 1.42. The van der Waals surface area contributed by atoms with E-state index in [1.807, 2.05) is 6.07 Å². The number of nitriles is 1. The van der Waals surface area contributed by atoms with Crippen molar-refractivity contribution in [1.29, 1.82) is 5.26 Å². The third-order valence-electron chi connectivity index (χ3n) is 2.31. The van der Waals surface area contributed by atoms with Gasteiger partial charge in [-0.3, -0.25) is 0 Å². The van der Waals surface area contributed by atoms with Crippen LogP contribution in [-0.4, -0.2) is 12.6 Å². The third kappa shape index (κ3) is 2.20. The van der Waals surface area contributed by atoms with Crippen LogP contribution in [0.1, 0.15) is 25.0 Å². The minimum atomic E-state index is -1.29. The number of hydrogen-bond donors (Lipinski definition) is 1. The van der Waals surface area contributed by atoms with Gasteiger partial charge in [-0.25, -0.2) is 4.79 Å². The molecule has 0 aromatic heterocycles. The predicted molar refractivity (Wildman–Crippen MR) is 59.3 cm³/mol. The molecular formula is C12H14N2O2. The summed E-state index contributed by atoms with van der Waals surface area (Å²) in [4.78, 5) is 11.7. The molecule has 84 valence electrons. The highest BCUT2D eigenvalue weighted by Crippen LogP contribution is 2.22. The van der Waals surface area contributed by atoms with Gasteiger partial charge in [0.1, 0.15) is 5.54 Å². The van der Waals surface area contributed by atoms with Gasteiger partial charge in [0.25, 0.3) is 0 Å². The summed E-state index contributed by atoms with van der Waals surface area (Å²) in [6.07, 6.45) is 0. The molecule has 0 saturated carbocycles. The number of carbonyl (C=O) groups excluding carboxylic acids is 1. The molecule has 0 spiro atoms. The van der Waals surface area contributed by atoms with Crippen molar-refractivity contribution in [3.63, 3.8) is 0 Å². The molecule has 0 fully saturated rings. The normalized spacial score (nSPS) is 13.6. The Bertz CT molecular complexity index is 433. The van der Waals surface area contributed by atoms with E-state index in [0.717, 1.165) is 0 Å². The highest BCUT2D eigenvalue weighted by molar-refractivity contribution is 5.82. The number of esters is 1. The van der Waals surface area contributed by atoms with E-state index in [2.05, 4.69) is 0 Å². The average molecular weight is 218 g/mol. The molecule has 1 atom stereocenters. The van der Waals surface area contributed by atoms with Gasteiger partial charge in [-0.2, -0.15) is 5.26 Å². The van der Waals surface area contributed by atoms with Crippen LogP contribution in [0.15, 0.2) is 24.3 Å². The number of rotatable bonds is 3. The first kappa shape index (κ1) is 12.2. The first-order chi connectivity index (χ1) is 7.54. The number of nitrogens with two attached hydrogens (primary N) is 1. The molecule has 0 saturated heterocycles. The van der Waals surface area contributed by atoms with Gasteiger partial charge >= 0.3 is 5.97 Å². The van der Waals surface area contributed by atoms with E-state index in [0.29, 0.717) is 11.1 Å². The van der Waals surface area contributed by atoms with Gasteiger partial charge < -0.3 is 10.5 Å². The van der Waals surface area contributed by atoms with Crippen molar-refractivity contribution in [2.24, 2.45) is 5.73 Å². The van der Waals surface area contributed by atoms with Gasteiger partial charge in [0.05, 0.1) is 18.2 Å². The first-order valence-corrected chi connectivity index (χ1v) is 4.99. The lowest BCUT2D eigenvalue weighted by molar-refractivity contribution is -0.149. The van der Waals surface area contributed by atoms with Crippen molar-refractivity contribution in [3.05, 3.63) is 35.4 Å². The highest BCUT2D eigenvalue weighted by Gasteiger charge is 2.34. The zero-order chi connectivity index (χ0) is 12.2. The molecule has 0 radical (unpaired) electrons. The second kappa shape index (κ2) is 4.77. The Morgan fingerprint density at radius 3 is 2.75 bits per heavy atom. The largest absolute Gasteiger partial charge is 0.464 e. The zero-order valence-corrected chi connectivity index (χ0v) is 9.36. The summed E-state index contributed by atoms with van der Waals surface area (Å²) in [7, 11) is 0. The molecule has 1 rings (SSSR count). The molecule has 1 aromatic rings. The van der Waals surface area contributed by atoms with Crippen molar-refractivity contribution in [2.75, 3.05) is 6.61 Å². The van der Waals surface area contributed by atoms with Crippen LogP contribution in [0.5, 0.6) is 0 Å². The Kier molecular flexibility index (Phi) is 3.64. The second-order valence-corrected chi connectivity index (χ2v) is 3.58. The Labute approximate surface area is 94.6 Å². The average Bonchev–Trinajstić information content (AvgIpc) is 2.29. The topological polar surface area (TPSA) is 76.1 Å². The Morgan fingerprint density at radius 1 is 1.56 bits per heavy atom. The van der Waals surface area contributed by atoms with E-state index in [9.17, 15) is 4.79 Å². The molecular weight excluding hydrogens is 204 g/mol. The van der Waals surface area contributed by atoms with Crippen LogP contribution in [0.25, 0.3) is 0 Å². The van der Waals surface area contributed by atoms with Gasteiger partial charge in [0.2, 0.25) is 0 Å². The van der Waals surface area contributed by atoms with Crippen LogP contribution in [0, 0.1) is 11.3 Å². The van der Waals surface area contributed by atoms with Crippen molar-refractivity contribution < 1.29 is 9.53 Å². The standard InChI is InChI=1S/C12H14N2O2/c1-3-16-11(15)12(2,14)10-7-5-4-6-9(10)8-13/h4-7H,3,14H2,1-2H3/t12-/m1/s1. The van der Waals surface area contributed by atoms with Gasteiger partial charge in [0, 0.05) is 5.56 Å². The summed E-state index contributed by atoms with van der Waals surface area (Å²) in [6, 6.07) is 8.76. The molecule has 2 N–H and O–H groups in total. The third-order valence-corrected chi connectivity index (χ3v) is 2.31. The smallest absolute Gasteiger partial charge is 0.330 e. The molecule has 0 heterocycles. The Morgan fingerprint density at radius 2 is 2.19 bits per heavy atom. The van der Waals surface area contributed by atoms with Crippen molar-refractivity contribution in [3.8, 4) is 6.07 Å². The number of nitrogens with zero attached hydrogens (tertiary/aromatic N) is 1. The summed E-state index contributed by atoms with van der Waals surface area (Å²) < 4.78 is 4.89. The van der Waals surface area contributed by atoms with E-state index in [4.69, 9.17) is 15.7 Å². The number of hydrogen-bond acceptors (Lipinski definition) is 4. The van der Waals surface area contributed by atoms with Crippen LogP contribution >= 0.6 is 0 Å². The van der Waals surface area contributed by atoms with E-state index < -0.39 is 11.5 Å². The highest BCUT2D eigenvalue weighted by atomic mass is 16.5. The molecule has 1 aromatic carbocycles. The Balaban J connectivity index is 3.17. The van der Waals surface area contributed by atoms with Gasteiger partial charge in [-0.1, -0.05) is 18.2 Å². The van der Waals surface area contributed by atoms with E-state index in [1.165, 1.54) is 0 Å². The van der Waals surface area contributed by atoms with E-state index in [-0.39, 0.29) is 6.61 Å². The van der Waals surface area contributed by atoms with Crippen LogP contribution < -0.4 is 5.73 Å². The summed E-state index contributed by atoms with van der Waals surface area (Å²) in [5.41, 5.74) is 5.50. The minimum absolute atomic E-state index is 0.264. The summed E-state index contributed by atoms with van der Waals surface area (Å²) in [5, 5.41) is 8.94. The fraction of sp³-hybridized carbons (Fsp3) is 0.333. The van der Waals surface area contributed by atoms with Crippen LogP contribution in [-0.2, 0) is 15.1 Å². The SMILES string of the molecule is CCOC(=O)[C@](C)(N)c1ccccc1C#N. The maximum atomic E-state index is 11.7. The Hall–Kier alpha value is -1.86. The number of benzene rings is 1. The van der Waals surface area contributed by atoms with Gasteiger partial charge in [-0.15, -0.1) is 0 Å². The molecule has 4 nitrogen and oxygen atoms in total. The summed E-state index contributed by atoms with van der Waals surface area (Å²) >= 11 is 0. The van der Waals surface area contributed by atoms with Crippen molar-refractivity contribution >= 4 is 5.97 Å². The van der Waals surface area contributed by atoms with Gasteiger partial charge in [-0.05, 0) is 19.9 Å². The maximum Gasteiger partial charge on any atom is 0.330 e. The quantitative estimate of drug-likeness (QED) is 0.776. The zero-order valence-electron chi connectivity index (χ0n) is 9.36. The lowest BCUT2D eigenvalue weighted by atomic mass is 9.89. The molecule has 0 unspecified atom stereocenters. The summed E-state index contributed by atoms with van der Waals surface area (Å²) in [5.74, 6) is -0.530. The fourth-order valence-electron chi connectivity index (χ4n) is 1.42. The number of ether oxygens (including phenoxy) is 1. The lowest BCUT2D eigenvalue weighted by Crippen LogP contribution is -2.43. The molecule has 0 aliphatic heterocycles. The van der Waals surface area contributed by atoms with Gasteiger partial charge in [0.15, 0.2) is 0 Å². The molecule has 0 aliphatic carbocycles. The molecule has 0 amide bonds. The van der Waals surface area contributed by atoms with Crippen LogP contribution in [0.3, 0.4) is 0 Å². The maximum absolute atomic E-state index is 11.7. The van der Waals surface area contributed by atoms with Crippen molar-refractivity contribution in [1.82, 2.24) is 0 Å². The lowest BCUT2D eigenvalue weighted by Gasteiger charge is -2.23. The number of carbonyl (C=O) groups is 1.